The van der Waals surface area contributed by atoms with E-state index in [4.69, 9.17) is 9.29 Å². The van der Waals surface area contributed by atoms with Crippen LogP contribution in [0.5, 0.6) is 5.88 Å². The number of azo groups is 1. The molecule has 3 rings (SSSR count). The Balaban J connectivity index is 1.98. The summed E-state index contributed by atoms with van der Waals surface area (Å²) in [7, 11) is -4.30. The molecule has 0 aliphatic carbocycles. The minimum Gasteiger partial charge on any atom is -0.478 e. The predicted molar refractivity (Wildman–Crippen MR) is 112 cm³/mol. The lowest BCUT2D eigenvalue weighted by molar-refractivity contribution is 0.321. The summed E-state index contributed by atoms with van der Waals surface area (Å²) in [4.78, 5) is 21.4. The number of rotatable bonds is 7. The number of ether oxygens (including phenoxy) is 1. The van der Waals surface area contributed by atoms with E-state index < -0.39 is 15.7 Å². The first-order valence-electron chi connectivity index (χ1n) is 9.47. The molecule has 0 saturated carbocycles. The lowest BCUT2D eigenvalue weighted by Crippen LogP contribution is -2.19. The number of hydrogen-bond acceptors (Lipinski definition) is 8. The molecule has 11 nitrogen and oxygen atoms in total. The average Bonchev–Trinajstić information content (AvgIpc) is 2.99. The largest absolute Gasteiger partial charge is 0.478 e. The molecule has 2 heterocycles. The lowest BCUT2D eigenvalue weighted by Gasteiger charge is -2.11. The van der Waals surface area contributed by atoms with Crippen molar-refractivity contribution in [3.63, 3.8) is 0 Å². The fourth-order valence-electron chi connectivity index (χ4n) is 2.91. The molecular weight excluding hydrogens is 424 g/mol. The molecule has 0 spiro atoms. The van der Waals surface area contributed by atoms with Crippen LogP contribution in [0.3, 0.4) is 0 Å². The van der Waals surface area contributed by atoms with Crippen molar-refractivity contribution in [3.05, 3.63) is 51.6 Å². The van der Waals surface area contributed by atoms with Crippen LogP contribution in [-0.2, 0) is 16.5 Å². The third-order valence-electron chi connectivity index (χ3n) is 4.44. The maximum atomic E-state index is 12.9. The van der Waals surface area contributed by atoms with Gasteiger partial charge in [-0.3, -0.25) is 14.4 Å². The van der Waals surface area contributed by atoms with Gasteiger partial charge in [-0.25, -0.2) is 4.98 Å². The van der Waals surface area contributed by atoms with E-state index in [9.17, 15) is 13.2 Å². The third-order valence-corrected chi connectivity index (χ3v) is 5.31. The molecule has 1 aromatic carbocycles. The van der Waals surface area contributed by atoms with E-state index in [0.717, 1.165) is 5.56 Å². The van der Waals surface area contributed by atoms with Crippen LogP contribution in [0.1, 0.15) is 30.8 Å². The molecule has 0 atom stereocenters. The molecule has 12 heteroatoms. The predicted octanol–water partition coefficient (Wildman–Crippen LogP) is 3.20. The second kappa shape index (κ2) is 8.78. The van der Waals surface area contributed by atoms with Crippen LogP contribution in [0.4, 0.5) is 11.4 Å². The van der Waals surface area contributed by atoms with E-state index >= 15 is 0 Å². The van der Waals surface area contributed by atoms with Crippen molar-refractivity contribution in [1.29, 1.82) is 0 Å². The standard InChI is InChI=1S/C19H22N6O5S/c1-5-15-11(3)20-19(21-17(15)30-6-2)25-18(26)16(12(4)24-25)23-22-13-7-9-14(10-8-13)31(27,28)29/h7-10,24H,5-6H2,1-4H3,(H,27,28,29). The average molecular weight is 446 g/mol. The monoisotopic (exact) mass is 446 g/mol. The molecule has 2 N–H and O–H groups in total. The number of H-pyrrole nitrogens is 1. The maximum absolute atomic E-state index is 12.9. The fourth-order valence-corrected chi connectivity index (χ4v) is 3.39. The van der Waals surface area contributed by atoms with Gasteiger partial charge in [0.25, 0.3) is 16.1 Å². The SMILES string of the molecule is CCOc1nc(-n2[nH]c(C)c(N=Nc3ccc(S(=O)(=O)O)cc3)c2=O)nc(C)c1CC. The summed E-state index contributed by atoms with van der Waals surface area (Å²) in [5.41, 5.74) is 1.88. The number of hydrogen-bond donors (Lipinski definition) is 2. The molecule has 0 unspecified atom stereocenters. The van der Waals surface area contributed by atoms with Gasteiger partial charge >= 0.3 is 5.56 Å². The summed E-state index contributed by atoms with van der Waals surface area (Å²) in [6, 6.07) is 5.09. The van der Waals surface area contributed by atoms with Crippen molar-refractivity contribution in [2.75, 3.05) is 6.61 Å². The maximum Gasteiger partial charge on any atom is 0.301 e. The van der Waals surface area contributed by atoms with Crippen LogP contribution in [0.25, 0.3) is 5.95 Å². The minimum atomic E-state index is -4.30. The first-order valence-corrected chi connectivity index (χ1v) is 10.9. The van der Waals surface area contributed by atoms with Crippen molar-refractivity contribution < 1.29 is 17.7 Å². The van der Waals surface area contributed by atoms with Crippen molar-refractivity contribution in [2.24, 2.45) is 10.2 Å². The Hall–Kier alpha value is -3.38. The molecule has 0 radical (unpaired) electrons. The second-order valence-corrected chi connectivity index (χ2v) is 8.00. The van der Waals surface area contributed by atoms with Gasteiger partial charge in [-0.15, -0.1) is 5.11 Å². The van der Waals surface area contributed by atoms with Gasteiger partial charge < -0.3 is 4.74 Å². The van der Waals surface area contributed by atoms with Gasteiger partial charge in [-0.1, -0.05) is 6.92 Å². The van der Waals surface area contributed by atoms with Gasteiger partial charge in [0.2, 0.25) is 5.88 Å². The number of nitrogens with one attached hydrogen (secondary N) is 1. The first-order chi connectivity index (χ1) is 14.7. The minimum absolute atomic E-state index is 0.0534. The molecule has 31 heavy (non-hydrogen) atoms. The number of aryl methyl sites for hydroxylation is 2. The summed E-state index contributed by atoms with van der Waals surface area (Å²) in [6.07, 6.45) is 0.690. The Labute approximate surface area is 178 Å². The van der Waals surface area contributed by atoms with Crippen LogP contribution < -0.4 is 10.3 Å². The Morgan fingerprint density at radius 1 is 1.13 bits per heavy atom. The van der Waals surface area contributed by atoms with Crippen LogP contribution in [0.2, 0.25) is 0 Å². The molecule has 0 aliphatic rings. The van der Waals surface area contributed by atoms with Gasteiger partial charge in [-0.2, -0.15) is 23.2 Å². The molecule has 0 bridgehead atoms. The highest BCUT2D eigenvalue weighted by molar-refractivity contribution is 7.85. The highest BCUT2D eigenvalue weighted by atomic mass is 32.2. The molecule has 0 saturated heterocycles. The van der Waals surface area contributed by atoms with E-state index in [1.165, 1.54) is 28.9 Å². The van der Waals surface area contributed by atoms with Crippen molar-refractivity contribution >= 4 is 21.5 Å². The lowest BCUT2D eigenvalue weighted by atomic mass is 10.2. The Kier molecular flexibility index (Phi) is 6.32. The van der Waals surface area contributed by atoms with Crippen LogP contribution >= 0.6 is 0 Å². The van der Waals surface area contributed by atoms with Crippen LogP contribution in [-0.4, -0.2) is 39.3 Å². The summed E-state index contributed by atoms with van der Waals surface area (Å²) in [6.45, 7) is 7.73. The van der Waals surface area contributed by atoms with Crippen LogP contribution in [0, 0.1) is 13.8 Å². The normalized spacial score (nSPS) is 11.9. The van der Waals surface area contributed by atoms with Crippen molar-refractivity contribution in [2.45, 2.75) is 39.0 Å². The molecule has 0 amide bonds. The highest BCUT2D eigenvalue weighted by Crippen LogP contribution is 2.23. The topological polar surface area (TPSA) is 152 Å². The second-order valence-electron chi connectivity index (χ2n) is 6.57. The summed E-state index contributed by atoms with van der Waals surface area (Å²) in [5, 5.41) is 10.8. The zero-order valence-corrected chi connectivity index (χ0v) is 18.3. The number of benzene rings is 1. The van der Waals surface area contributed by atoms with E-state index in [1.54, 1.807) is 6.92 Å². The first kappa shape index (κ1) is 22.3. The van der Waals surface area contributed by atoms with Gasteiger partial charge in [-0.05, 0) is 51.5 Å². The number of aromatic nitrogens is 4. The van der Waals surface area contributed by atoms with E-state index in [-0.39, 0.29) is 16.5 Å². The van der Waals surface area contributed by atoms with Crippen molar-refractivity contribution in [3.8, 4) is 11.8 Å². The zero-order valence-electron chi connectivity index (χ0n) is 17.4. The Morgan fingerprint density at radius 3 is 2.39 bits per heavy atom. The number of nitrogens with zero attached hydrogens (tertiary/aromatic N) is 5. The zero-order chi connectivity index (χ0) is 22.8. The molecule has 0 aliphatic heterocycles. The van der Waals surface area contributed by atoms with Gasteiger partial charge in [0.05, 0.1) is 22.9 Å². The number of aromatic amines is 1. The molecule has 3 aromatic rings. The molecule has 0 fully saturated rings. The van der Waals surface area contributed by atoms with Gasteiger partial charge in [0, 0.05) is 11.3 Å². The van der Waals surface area contributed by atoms with Crippen LogP contribution in [0.15, 0.2) is 44.2 Å². The summed E-state index contributed by atoms with van der Waals surface area (Å²) in [5.74, 6) is 0.555. The summed E-state index contributed by atoms with van der Waals surface area (Å²) < 4.78 is 38.0. The Morgan fingerprint density at radius 2 is 1.81 bits per heavy atom. The smallest absolute Gasteiger partial charge is 0.301 e. The van der Waals surface area contributed by atoms with E-state index in [2.05, 4.69) is 25.3 Å². The highest BCUT2D eigenvalue weighted by Gasteiger charge is 2.18. The van der Waals surface area contributed by atoms with Crippen molar-refractivity contribution in [1.82, 2.24) is 19.7 Å². The molecular formula is C19H22N6O5S. The van der Waals surface area contributed by atoms with E-state index in [1.807, 2.05) is 20.8 Å². The summed E-state index contributed by atoms with van der Waals surface area (Å²) >= 11 is 0. The van der Waals surface area contributed by atoms with E-state index in [0.29, 0.717) is 36.0 Å². The third kappa shape index (κ3) is 4.70. The Bertz CT molecular complexity index is 1290. The molecule has 2 aromatic heterocycles. The fraction of sp³-hybridized carbons (Fsp3) is 0.316. The van der Waals surface area contributed by atoms with Gasteiger partial charge in [0.1, 0.15) is 0 Å². The quantitative estimate of drug-likeness (QED) is 0.417. The molecule has 164 valence electrons. The van der Waals surface area contributed by atoms with Gasteiger partial charge in [0.15, 0.2) is 5.69 Å².